The molecule has 5 nitrogen and oxygen atoms in total. The third-order valence-electron chi connectivity index (χ3n) is 3.38. The Kier molecular flexibility index (Phi) is 8.12. The van der Waals surface area contributed by atoms with Crippen molar-refractivity contribution in [2.75, 3.05) is 13.2 Å². The van der Waals surface area contributed by atoms with Gasteiger partial charge in [0, 0.05) is 6.54 Å². The highest BCUT2D eigenvalue weighted by atomic mass is 16.5. The fraction of sp³-hybridized carbons (Fsp3) is 0.625. The van der Waals surface area contributed by atoms with Crippen molar-refractivity contribution in [2.24, 2.45) is 0 Å². The summed E-state index contributed by atoms with van der Waals surface area (Å²) in [7, 11) is 0. The van der Waals surface area contributed by atoms with Crippen LogP contribution in [-0.2, 0) is 0 Å². The van der Waals surface area contributed by atoms with E-state index >= 15 is 0 Å². The summed E-state index contributed by atoms with van der Waals surface area (Å²) >= 11 is 0. The molecule has 2 atom stereocenters. The third-order valence-corrected chi connectivity index (χ3v) is 3.38. The summed E-state index contributed by atoms with van der Waals surface area (Å²) in [6.07, 6.45) is 2.74. The summed E-state index contributed by atoms with van der Waals surface area (Å²) in [6.45, 7) is 4.67. The van der Waals surface area contributed by atoms with Gasteiger partial charge in [-0.2, -0.15) is 0 Å². The zero-order valence-corrected chi connectivity index (χ0v) is 12.9. The molecule has 120 valence electrons. The number of hydrogen-bond donors (Lipinski definition) is 3. The summed E-state index contributed by atoms with van der Waals surface area (Å²) in [4.78, 5) is 1.66. The number of ether oxygens (including phenoxy) is 1. The van der Waals surface area contributed by atoms with Gasteiger partial charge < -0.3 is 20.1 Å². The molecule has 0 amide bonds. The Balaban J connectivity index is 2.05. The lowest BCUT2D eigenvalue weighted by atomic mass is 10.2. The molecule has 5 heteroatoms. The van der Waals surface area contributed by atoms with Crippen molar-refractivity contribution in [3.63, 3.8) is 0 Å². The molecule has 0 aliphatic carbocycles. The predicted molar refractivity (Wildman–Crippen MR) is 82.1 cm³/mol. The molecular formula is C16H27NO4. The van der Waals surface area contributed by atoms with E-state index in [-0.39, 0.29) is 5.75 Å². The van der Waals surface area contributed by atoms with Gasteiger partial charge in [0.25, 0.3) is 0 Å². The molecule has 0 radical (unpaired) electrons. The molecule has 1 aromatic rings. The summed E-state index contributed by atoms with van der Waals surface area (Å²) in [5, 5.41) is 28.1. The number of unbranched alkanes of at least 4 members (excludes halogenated alkanes) is 3. The maximum Gasteiger partial charge on any atom is 0.119 e. The predicted octanol–water partition coefficient (Wildman–Crippen LogP) is 2.31. The van der Waals surface area contributed by atoms with E-state index in [1.54, 1.807) is 43.0 Å². The van der Waals surface area contributed by atoms with Crippen LogP contribution in [0, 0.1) is 0 Å². The lowest BCUT2D eigenvalue weighted by molar-refractivity contribution is -0.0844. The Morgan fingerprint density at radius 2 is 1.52 bits per heavy atom. The van der Waals surface area contributed by atoms with Gasteiger partial charge in [-0.3, -0.25) is 4.90 Å². The highest BCUT2D eigenvalue weighted by molar-refractivity contribution is 5.29. The van der Waals surface area contributed by atoms with Gasteiger partial charge in [-0.15, -0.1) is 0 Å². The van der Waals surface area contributed by atoms with Gasteiger partial charge in [0.1, 0.15) is 24.0 Å². The van der Waals surface area contributed by atoms with E-state index in [1.807, 2.05) is 0 Å². The minimum atomic E-state index is -0.622. The van der Waals surface area contributed by atoms with Gasteiger partial charge in [-0.1, -0.05) is 12.8 Å². The quantitative estimate of drug-likeness (QED) is 0.456. The molecular weight excluding hydrogens is 270 g/mol. The average Bonchev–Trinajstić information content (AvgIpc) is 2.43. The number of aliphatic hydroxyl groups is 2. The Bertz CT molecular complexity index is 370. The highest BCUT2D eigenvalue weighted by Crippen LogP contribution is 2.16. The molecule has 1 rings (SSSR count). The van der Waals surface area contributed by atoms with Crippen molar-refractivity contribution in [2.45, 2.75) is 52.0 Å². The van der Waals surface area contributed by atoms with Crippen LogP contribution in [-0.4, -0.2) is 45.8 Å². The molecule has 0 saturated heterocycles. The summed E-state index contributed by atoms with van der Waals surface area (Å²) in [5.74, 6) is 1.00. The number of benzene rings is 1. The van der Waals surface area contributed by atoms with E-state index < -0.39 is 12.5 Å². The standard InChI is InChI=1S/C16H27NO4/c1-13(18)17(14(2)19)11-5-3-4-6-12-21-16-9-7-15(20)8-10-16/h7-10,13-14,18-20H,3-6,11-12H2,1-2H3. The molecule has 1 aromatic carbocycles. The number of aromatic hydroxyl groups is 1. The zero-order chi connectivity index (χ0) is 15.7. The first kappa shape index (κ1) is 17.8. The van der Waals surface area contributed by atoms with Crippen LogP contribution in [0.5, 0.6) is 11.5 Å². The van der Waals surface area contributed by atoms with Crippen LogP contribution in [0.2, 0.25) is 0 Å². The Morgan fingerprint density at radius 1 is 0.952 bits per heavy atom. The molecule has 21 heavy (non-hydrogen) atoms. The first-order valence-corrected chi connectivity index (χ1v) is 7.54. The van der Waals surface area contributed by atoms with Gasteiger partial charge in [0.15, 0.2) is 0 Å². The molecule has 0 aliphatic heterocycles. The Hall–Kier alpha value is -1.30. The monoisotopic (exact) mass is 297 g/mol. The van der Waals surface area contributed by atoms with Gasteiger partial charge in [-0.05, 0) is 51.0 Å². The van der Waals surface area contributed by atoms with Crippen molar-refractivity contribution < 1.29 is 20.1 Å². The number of phenols is 1. The molecule has 0 fully saturated rings. The average molecular weight is 297 g/mol. The highest BCUT2D eigenvalue weighted by Gasteiger charge is 2.14. The summed E-state index contributed by atoms with van der Waals surface area (Å²) in [5.41, 5.74) is 0. The van der Waals surface area contributed by atoms with Crippen LogP contribution in [0.3, 0.4) is 0 Å². The van der Waals surface area contributed by atoms with Crippen molar-refractivity contribution >= 4 is 0 Å². The molecule has 2 unspecified atom stereocenters. The van der Waals surface area contributed by atoms with Gasteiger partial charge in [0.05, 0.1) is 6.61 Å². The number of nitrogens with zero attached hydrogens (tertiary/aromatic N) is 1. The van der Waals surface area contributed by atoms with Gasteiger partial charge in [0.2, 0.25) is 0 Å². The third kappa shape index (κ3) is 7.32. The molecule has 0 bridgehead atoms. The van der Waals surface area contributed by atoms with Crippen LogP contribution in [0.1, 0.15) is 39.5 Å². The summed E-state index contributed by atoms with van der Waals surface area (Å²) < 4.78 is 5.56. The van der Waals surface area contributed by atoms with Crippen LogP contribution in [0.4, 0.5) is 0 Å². The van der Waals surface area contributed by atoms with E-state index in [2.05, 4.69) is 0 Å². The Morgan fingerprint density at radius 3 is 2.10 bits per heavy atom. The van der Waals surface area contributed by atoms with E-state index in [4.69, 9.17) is 9.84 Å². The van der Waals surface area contributed by atoms with E-state index in [1.165, 1.54) is 0 Å². The number of aliphatic hydroxyl groups excluding tert-OH is 2. The van der Waals surface area contributed by atoms with Crippen LogP contribution in [0.25, 0.3) is 0 Å². The lowest BCUT2D eigenvalue weighted by Crippen LogP contribution is -2.40. The zero-order valence-electron chi connectivity index (χ0n) is 12.9. The van der Waals surface area contributed by atoms with E-state index in [0.29, 0.717) is 13.2 Å². The topological polar surface area (TPSA) is 73.2 Å². The largest absolute Gasteiger partial charge is 0.508 e. The maximum absolute atomic E-state index is 9.50. The van der Waals surface area contributed by atoms with Gasteiger partial charge >= 0.3 is 0 Å². The van der Waals surface area contributed by atoms with Crippen LogP contribution >= 0.6 is 0 Å². The normalized spacial score (nSPS) is 14.1. The second-order valence-electron chi connectivity index (χ2n) is 5.26. The second kappa shape index (κ2) is 9.60. The second-order valence-corrected chi connectivity index (χ2v) is 5.26. The number of hydrogen-bond acceptors (Lipinski definition) is 5. The fourth-order valence-corrected chi connectivity index (χ4v) is 2.17. The van der Waals surface area contributed by atoms with E-state index in [9.17, 15) is 10.2 Å². The number of rotatable bonds is 10. The van der Waals surface area contributed by atoms with Crippen LogP contribution < -0.4 is 4.74 Å². The SMILES string of the molecule is CC(O)N(CCCCCCOc1ccc(O)cc1)C(C)O. The number of phenolic OH excluding ortho intramolecular Hbond substituents is 1. The van der Waals surface area contributed by atoms with Crippen molar-refractivity contribution in [1.82, 2.24) is 4.90 Å². The maximum atomic E-state index is 9.50. The van der Waals surface area contributed by atoms with Crippen molar-refractivity contribution in [1.29, 1.82) is 0 Å². The first-order chi connectivity index (χ1) is 10.0. The van der Waals surface area contributed by atoms with E-state index in [0.717, 1.165) is 31.4 Å². The molecule has 0 spiro atoms. The van der Waals surface area contributed by atoms with Crippen molar-refractivity contribution in [3.05, 3.63) is 24.3 Å². The van der Waals surface area contributed by atoms with Gasteiger partial charge in [-0.25, -0.2) is 0 Å². The summed E-state index contributed by atoms with van der Waals surface area (Å²) in [6, 6.07) is 6.71. The molecule has 0 aromatic heterocycles. The molecule has 0 heterocycles. The fourth-order valence-electron chi connectivity index (χ4n) is 2.17. The Labute approximate surface area is 126 Å². The minimum Gasteiger partial charge on any atom is -0.508 e. The smallest absolute Gasteiger partial charge is 0.119 e. The first-order valence-electron chi connectivity index (χ1n) is 7.54. The lowest BCUT2D eigenvalue weighted by Gasteiger charge is -2.27. The molecule has 3 N–H and O–H groups in total. The molecule has 0 saturated carbocycles. The van der Waals surface area contributed by atoms with Crippen LogP contribution in [0.15, 0.2) is 24.3 Å². The minimum absolute atomic E-state index is 0.239. The molecule has 0 aliphatic rings. The van der Waals surface area contributed by atoms with Crippen molar-refractivity contribution in [3.8, 4) is 11.5 Å².